The summed E-state index contributed by atoms with van der Waals surface area (Å²) in [7, 11) is 0. The number of hydrogen-bond donors (Lipinski definition) is 1. The average Bonchev–Trinajstić information content (AvgIpc) is 2.99. The lowest BCUT2D eigenvalue weighted by molar-refractivity contribution is 0.0732. The molecule has 3 rings (SSSR count). The first-order valence-corrected chi connectivity index (χ1v) is 7.80. The number of aromatic hydroxyl groups is 1. The van der Waals surface area contributed by atoms with E-state index in [4.69, 9.17) is 0 Å². The van der Waals surface area contributed by atoms with Crippen LogP contribution in [0.5, 0.6) is 5.75 Å². The Hall–Kier alpha value is -1.81. The first-order valence-electron chi connectivity index (χ1n) is 7.01. The minimum atomic E-state index is -0.111. The third kappa shape index (κ3) is 2.81. The van der Waals surface area contributed by atoms with Crippen LogP contribution in [0.1, 0.15) is 34.8 Å². The second kappa shape index (κ2) is 5.90. The number of rotatable bonds is 2. The third-order valence-electron chi connectivity index (χ3n) is 3.89. The molecule has 1 saturated heterocycles. The van der Waals surface area contributed by atoms with Gasteiger partial charge in [0.2, 0.25) is 0 Å². The first kappa shape index (κ1) is 14.1. The maximum Gasteiger partial charge on any atom is 0.258 e. The molecule has 4 heteroatoms. The van der Waals surface area contributed by atoms with Crippen molar-refractivity contribution >= 4 is 21.8 Å². The number of carbonyl (C=O) groups excluding carboxylic acids is 1. The lowest BCUT2D eigenvalue weighted by Gasteiger charge is -2.25. The van der Waals surface area contributed by atoms with Gasteiger partial charge in [0.15, 0.2) is 0 Å². The molecule has 1 amide bonds. The molecular weight excluding hydrogens is 330 g/mol. The second-order valence-corrected chi connectivity index (χ2v) is 6.14. The SMILES string of the molecule is O=C(c1cc(Br)ccc1O)N1CCCC1c1ccccc1. The van der Waals surface area contributed by atoms with Gasteiger partial charge in [-0.3, -0.25) is 4.79 Å². The fourth-order valence-corrected chi connectivity index (χ4v) is 3.23. The zero-order chi connectivity index (χ0) is 14.8. The standard InChI is InChI=1S/C17H16BrNO2/c18-13-8-9-16(20)14(11-13)17(21)19-10-4-7-15(19)12-5-2-1-3-6-12/h1-3,5-6,8-9,11,15,20H,4,7,10H2. The van der Waals surface area contributed by atoms with Crippen molar-refractivity contribution in [3.05, 3.63) is 64.1 Å². The Morgan fingerprint density at radius 3 is 2.71 bits per heavy atom. The van der Waals surface area contributed by atoms with Gasteiger partial charge in [-0.25, -0.2) is 0 Å². The van der Waals surface area contributed by atoms with E-state index < -0.39 is 0 Å². The zero-order valence-corrected chi connectivity index (χ0v) is 13.1. The molecule has 1 aliphatic heterocycles. The van der Waals surface area contributed by atoms with Crippen molar-refractivity contribution < 1.29 is 9.90 Å². The predicted molar refractivity (Wildman–Crippen MR) is 85.3 cm³/mol. The molecule has 3 nitrogen and oxygen atoms in total. The van der Waals surface area contributed by atoms with E-state index in [0.717, 1.165) is 29.4 Å². The molecule has 2 aromatic carbocycles. The van der Waals surface area contributed by atoms with Crippen LogP contribution in [0.15, 0.2) is 53.0 Å². The molecule has 0 spiro atoms. The lowest BCUT2D eigenvalue weighted by atomic mass is 10.0. The Bertz CT molecular complexity index is 657. The van der Waals surface area contributed by atoms with Gasteiger partial charge in [-0.2, -0.15) is 0 Å². The van der Waals surface area contributed by atoms with Crippen molar-refractivity contribution in [2.24, 2.45) is 0 Å². The van der Waals surface area contributed by atoms with Gasteiger partial charge in [-0.1, -0.05) is 46.3 Å². The normalized spacial score (nSPS) is 18.0. The van der Waals surface area contributed by atoms with Gasteiger partial charge in [0, 0.05) is 11.0 Å². The van der Waals surface area contributed by atoms with Gasteiger partial charge in [0.25, 0.3) is 5.91 Å². The zero-order valence-electron chi connectivity index (χ0n) is 11.5. The summed E-state index contributed by atoms with van der Waals surface area (Å²) < 4.78 is 0.791. The summed E-state index contributed by atoms with van der Waals surface area (Å²) in [6.45, 7) is 0.727. The summed E-state index contributed by atoms with van der Waals surface area (Å²) in [5, 5.41) is 9.95. The molecule has 1 N–H and O–H groups in total. The van der Waals surface area contributed by atoms with Crippen LogP contribution < -0.4 is 0 Å². The number of carbonyl (C=O) groups is 1. The fraction of sp³-hybridized carbons (Fsp3) is 0.235. The summed E-state index contributed by atoms with van der Waals surface area (Å²) in [5.41, 5.74) is 1.50. The average molecular weight is 346 g/mol. The third-order valence-corrected chi connectivity index (χ3v) is 4.38. The van der Waals surface area contributed by atoms with E-state index in [2.05, 4.69) is 28.1 Å². The maximum atomic E-state index is 12.7. The molecule has 108 valence electrons. The molecule has 2 aromatic rings. The molecule has 0 bridgehead atoms. The van der Waals surface area contributed by atoms with Gasteiger partial charge >= 0.3 is 0 Å². The minimum Gasteiger partial charge on any atom is -0.507 e. The Kier molecular flexibility index (Phi) is 3.97. The van der Waals surface area contributed by atoms with E-state index in [-0.39, 0.29) is 17.7 Å². The van der Waals surface area contributed by atoms with Crippen molar-refractivity contribution in [2.75, 3.05) is 6.54 Å². The minimum absolute atomic E-state index is 0.0295. The highest BCUT2D eigenvalue weighted by Crippen LogP contribution is 2.34. The van der Waals surface area contributed by atoms with Crippen LogP contribution in [0, 0.1) is 0 Å². The number of halogens is 1. The van der Waals surface area contributed by atoms with Crippen LogP contribution in [-0.2, 0) is 0 Å². The van der Waals surface area contributed by atoms with Crippen molar-refractivity contribution in [2.45, 2.75) is 18.9 Å². The fourth-order valence-electron chi connectivity index (χ4n) is 2.87. The van der Waals surface area contributed by atoms with Crippen LogP contribution in [0.25, 0.3) is 0 Å². The Morgan fingerprint density at radius 1 is 1.19 bits per heavy atom. The van der Waals surface area contributed by atoms with Crippen molar-refractivity contribution in [3.8, 4) is 5.75 Å². The highest BCUT2D eigenvalue weighted by atomic mass is 79.9. The molecule has 1 fully saturated rings. The quantitative estimate of drug-likeness (QED) is 0.888. The Balaban J connectivity index is 1.92. The summed E-state index contributed by atoms with van der Waals surface area (Å²) in [4.78, 5) is 14.6. The van der Waals surface area contributed by atoms with E-state index in [0.29, 0.717) is 5.56 Å². The van der Waals surface area contributed by atoms with Crippen LogP contribution in [-0.4, -0.2) is 22.5 Å². The van der Waals surface area contributed by atoms with Gasteiger partial charge in [-0.05, 0) is 36.6 Å². The van der Waals surface area contributed by atoms with E-state index in [1.54, 1.807) is 18.2 Å². The predicted octanol–water partition coefficient (Wildman–Crippen LogP) is 4.13. The van der Waals surface area contributed by atoms with Gasteiger partial charge in [0.1, 0.15) is 5.75 Å². The Labute approximate surface area is 132 Å². The van der Waals surface area contributed by atoms with Gasteiger partial charge in [-0.15, -0.1) is 0 Å². The number of hydrogen-bond acceptors (Lipinski definition) is 2. The highest BCUT2D eigenvalue weighted by molar-refractivity contribution is 9.10. The smallest absolute Gasteiger partial charge is 0.258 e. The number of phenolic OH excluding ortho intramolecular Hbond substituents is 1. The van der Waals surface area contributed by atoms with E-state index >= 15 is 0 Å². The van der Waals surface area contributed by atoms with Crippen LogP contribution >= 0.6 is 15.9 Å². The highest BCUT2D eigenvalue weighted by Gasteiger charge is 2.31. The molecule has 1 aliphatic rings. The topological polar surface area (TPSA) is 40.5 Å². The van der Waals surface area contributed by atoms with Crippen LogP contribution in [0.3, 0.4) is 0 Å². The molecule has 0 radical (unpaired) electrons. The van der Waals surface area contributed by atoms with E-state index in [1.807, 2.05) is 23.1 Å². The molecule has 21 heavy (non-hydrogen) atoms. The molecule has 0 aliphatic carbocycles. The van der Waals surface area contributed by atoms with Crippen molar-refractivity contribution in [1.82, 2.24) is 4.90 Å². The number of benzene rings is 2. The number of likely N-dealkylation sites (tertiary alicyclic amines) is 1. The number of amides is 1. The van der Waals surface area contributed by atoms with E-state index in [1.165, 1.54) is 0 Å². The molecular formula is C17H16BrNO2. The summed E-state index contributed by atoms with van der Waals surface area (Å²) >= 11 is 3.35. The Morgan fingerprint density at radius 2 is 1.95 bits per heavy atom. The van der Waals surface area contributed by atoms with E-state index in [9.17, 15) is 9.90 Å². The summed E-state index contributed by atoms with van der Waals surface area (Å²) in [6.07, 6.45) is 1.95. The number of nitrogens with zero attached hydrogens (tertiary/aromatic N) is 1. The molecule has 1 unspecified atom stereocenters. The van der Waals surface area contributed by atoms with Crippen LogP contribution in [0.4, 0.5) is 0 Å². The first-order chi connectivity index (χ1) is 10.2. The van der Waals surface area contributed by atoms with Gasteiger partial charge in [0.05, 0.1) is 11.6 Å². The largest absolute Gasteiger partial charge is 0.507 e. The van der Waals surface area contributed by atoms with Gasteiger partial charge < -0.3 is 10.0 Å². The summed E-state index contributed by atoms with van der Waals surface area (Å²) in [5.74, 6) is -0.0814. The number of phenols is 1. The lowest BCUT2D eigenvalue weighted by Crippen LogP contribution is -2.30. The monoisotopic (exact) mass is 345 g/mol. The molecule has 1 heterocycles. The maximum absolute atomic E-state index is 12.7. The van der Waals surface area contributed by atoms with Crippen molar-refractivity contribution in [1.29, 1.82) is 0 Å². The molecule has 1 atom stereocenters. The molecule has 0 aromatic heterocycles. The molecule has 0 saturated carbocycles. The summed E-state index contributed by atoms with van der Waals surface area (Å²) in [6, 6.07) is 15.1. The second-order valence-electron chi connectivity index (χ2n) is 5.23. The van der Waals surface area contributed by atoms with Crippen molar-refractivity contribution in [3.63, 3.8) is 0 Å². The van der Waals surface area contributed by atoms with Crippen LogP contribution in [0.2, 0.25) is 0 Å².